The number of methoxy groups -OCH3 is 2. The molecule has 3 unspecified atom stereocenters. The number of hydrogen-bond donors (Lipinski definition) is 1. The predicted molar refractivity (Wildman–Crippen MR) is 63.5 cm³/mol. The van der Waals surface area contributed by atoms with Crippen LogP contribution in [-0.2, 0) is 9.53 Å². The molecule has 2 N–H and O–H groups in total. The summed E-state index contributed by atoms with van der Waals surface area (Å²) in [5, 5.41) is 0. The number of ether oxygens (including phenoxy) is 2. The summed E-state index contributed by atoms with van der Waals surface area (Å²) in [5.41, 5.74) is 5.27. The molecule has 19 heavy (non-hydrogen) atoms. The molecule has 1 aliphatic carbocycles. The number of hydrogen-bond acceptors (Lipinski definition) is 3. The van der Waals surface area contributed by atoms with Gasteiger partial charge in [-0.25, -0.2) is 4.39 Å². The number of nitrogens with two attached hydrogens (primary N) is 1. The Bertz CT molecular complexity index is 507. The lowest BCUT2D eigenvalue weighted by atomic mass is 10.0. The summed E-state index contributed by atoms with van der Waals surface area (Å²) in [6, 6.07) is 2.74. The Morgan fingerprint density at radius 1 is 1.37 bits per heavy atom. The topological polar surface area (TPSA) is 61.6 Å². The second kappa shape index (κ2) is 5.13. The van der Waals surface area contributed by atoms with Crippen molar-refractivity contribution in [2.75, 3.05) is 14.2 Å². The van der Waals surface area contributed by atoms with E-state index in [4.69, 9.17) is 15.2 Å². The van der Waals surface area contributed by atoms with Crippen molar-refractivity contribution in [3.05, 3.63) is 29.3 Å². The van der Waals surface area contributed by atoms with E-state index in [2.05, 4.69) is 0 Å². The zero-order chi connectivity index (χ0) is 14.2. The first-order valence-corrected chi connectivity index (χ1v) is 5.85. The van der Waals surface area contributed by atoms with Crippen molar-refractivity contribution in [2.45, 2.75) is 12.5 Å². The fourth-order valence-corrected chi connectivity index (χ4v) is 2.33. The minimum atomic E-state index is -1.06. The van der Waals surface area contributed by atoms with Gasteiger partial charge >= 0.3 is 0 Å². The molecule has 0 aromatic heterocycles. The van der Waals surface area contributed by atoms with Crippen LogP contribution in [0.25, 0.3) is 0 Å². The smallest absolute Gasteiger partial charge is 0.220 e. The van der Waals surface area contributed by atoms with Crippen LogP contribution < -0.4 is 10.5 Å². The highest BCUT2D eigenvalue weighted by Gasteiger charge is 2.48. The van der Waals surface area contributed by atoms with Gasteiger partial charge in [0.25, 0.3) is 0 Å². The first-order valence-electron chi connectivity index (χ1n) is 5.85. The van der Waals surface area contributed by atoms with Crippen LogP contribution >= 0.6 is 0 Å². The van der Waals surface area contributed by atoms with E-state index in [1.165, 1.54) is 26.4 Å². The van der Waals surface area contributed by atoms with Gasteiger partial charge in [0.1, 0.15) is 0 Å². The lowest BCUT2D eigenvalue weighted by Gasteiger charge is -2.17. The molecule has 1 fully saturated rings. The molecule has 3 atom stereocenters. The monoisotopic (exact) mass is 271 g/mol. The van der Waals surface area contributed by atoms with E-state index in [-0.39, 0.29) is 23.1 Å². The van der Waals surface area contributed by atoms with E-state index < -0.39 is 23.6 Å². The van der Waals surface area contributed by atoms with Crippen molar-refractivity contribution in [2.24, 2.45) is 17.6 Å². The molecule has 0 radical (unpaired) electrons. The maximum Gasteiger partial charge on any atom is 0.220 e. The normalized spacial score (nSPS) is 22.9. The van der Waals surface area contributed by atoms with Crippen LogP contribution in [0.1, 0.15) is 18.1 Å². The Morgan fingerprint density at radius 3 is 2.53 bits per heavy atom. The molecule has 1 aromatic carbocycles. The summed E-state index contributed by atoms with van der Waals surface area (Å²) in [6.45, 7) is 0. The summed E-state index contributed by atoms with van der Waals surface area (Å²) < 4.78 is 37.5. The largest absolute Gasteiger partial charge is 0.494 e. The van der Waals surface area contributed by atoms with Crippen LogP contribution in [0.15, 0.2) is 12.1 Å². The van der Waals surface area contributed by atoms with Gasteiger partial charge in [0, 0.05) is 24.5 Å². The lowest BCUT2D eigenvalue weighted by molar-refractivity contribution is -0.119. The number of carbonyl (C=O) groups excluding carboxylic acids is 1. The molecule has 1 saturated carbocycles. The van der Waals surface area contributed by atoms with Crippen LogP contribution in [-0.4, -0.2) is 20.1 Å². The van der Waals surface area contributed by atoms with Crippen molar-refractivity contribution in [1.29, 1.82) is 0 Å². The van der Waals surface area contributed by atoms with Gasteiger partial charge < -0.3 is 15.2 Å². The van der Waals surface area contributed by atoms with Crippen LogP contribution in [0.2, 0.25) is 0 Å². The number of amides is 1. The Kier molecular flexibility index (Phi) is 3.71. The van der Waals surface area contributed by atoms with Gasteiger partial charge in [-0.3, -0.25) is 4.79 Å². The standard InChI is InChI=1S/C13H15F2NO3/c1-18-9-4-3-6(10(14)11(9)15)12(19-2)7-5-8(7)13(16)17/h3-4,7-8,12H,5H2,1-2H3,(H2,16,17). The number of benzene rings is 1. The lowest BCUT2D eigenvalue weighted by Crippen LogP contribution is -2.17. The fourth-order valence-electron chi connectivity index (χ4n) is 2.33. The van der Waals surface area contributed by atoms with Crippen molar-refractivity contribution in [3.63, 3.8) is 0 Å². The van der Waals surface area contributed by atoms with Crippen molar-refractivity contribution in [3.8, 4) is 5.75 Å². The molecule has 4 nitrogen and oxygen atoms in total. The molecule has 0 saturated heterocycles. The summed E-state index contributed by atoms with van der Waals surface area (Å²) in [5.74, 6) is -3.22. The molecule has 6 heteroatoms. The molecule has 1 aliphatic rings. The second-order valence-corrected chi connectivity index (χ2v) is 4.55. The Balaban J connectivity index is 2.30. The van der Waals surface area contributed by atoms with E-state index in [1.54, 1.807) is 0 Å². The molecule has 104 valence electrons. The van der Waals surface area contributed by atoms with E-state index in [0.29, 0.717) is 6.42 Å². The van der Waals surface area contributed by atoms with E-state index in [9.17, 15) is 13.6 Å². The maximum absolute atomic E-state index is 14.0. The second-order valence-electron chi connectivity index (χ2n) is 4.55. The van der Waals surface area contributed by atoms with Crippen LogP contribution in [0, 0.1) is 23.5 Å². The van der Waals surface area contributed by atoms with Crippen molar-refractivity contribution in [1.82, 2.24) is 0 Å². The highest BCUT2D eigenvalue weighted by Crippen LogP contribution is 2.49. The minimum Gasteiger partial charge on any atom is -0.494 e. The number of carbonyl (C=O) groups is 1. The van der Waals surface area contributed by atoms with Crippen LogP contribution in [0.3, 0.4) is 0 Å². The summed E-state index contributed by atoms with van der Waals surface area (Å²) in [6.07, 6.45) is -0.154. The fraction of sp³-hybridized carbons (Fsp3) is 0.462. The van der Waals surface area contributed by atoms with Gasteiger partial charge in [0.05, 0.1) is 13.2 Å². The van der Waals surface area contributed by atoms with Crippen LogP contribution in [0.5, 0.6) is 5.75 Å². The Labute approximate surface area is 109 Å². The quantitative estimate of drug-likeness (QED) is 0.888. The molecule has 0 spiro atoms. The average Bonchev–Trinajstić information content (AvgIpc) is 3.16. The van der Waals surface area contributed by atoms with Gasteiger partial charge in [0.15, 0.2) is 11.6 Å². The number of primary amides is 1. The van der Waals surface area contributed by atoms with Crippen LogP contribution in [0.4, 0.5) is 8.78 Å². The Morgan fingerprint density at radius 2 is 2.05 bits per heavy atom. The van der Waals surface area contributed by atoms with Gasteiger partial charge in [0.2, 0.25) is 11.7 Å². The molecule has 0 aliphatic heterocycles. The predicted octanol–water partition coefficient (Wildman–Crippen LogP) is 1.78. The third-order valence-electron chi connectivity index (χ3n) is 3.45. The molecule has 1 amide bonds. The molecule has 0 heterocycles. The summed E-state index contributed by atoms with van der Waals surface area (Å²) in [4.78, 5) is 11.1. The highest BCUT2D eigenvalue weighted by molar-refractivity contribution is 5.79. The third kappa shape index (κ3) is 2.40. The minimum absolute atomic E-state index is 0.0783. The molecule has 0 bridgehead atoms. The van der Waals surface area contributed by atoms with Crippen molar-refractivity contribution >= 4 is 5.91 Å². The van der Waals surface area contributed by atoms with Gasteiger partial charge in [-0.15, -0.1) is 0 Å². The zero-order valence-corrected chi connectivity index (χ0v) is 10.7. The molecular formula is C13H15F2NO3. The number of rotatable bonds is 5. The zero-order valence-electron chi connectivity index (χ0n) is 10.7. The van der Waals surface area contributed by atoms with E-state index in [1.807, 2.05) is 0 Å². The molecular weight excluding hydrogens is 256 g/mol. The van der Waals surface area contributed by atoms with Gasteiger partial charge in [-0.1, -0.05) is 0 Å². The maximum atomic E-state index is 14.0. The highest BCUT2D eigenvalue weighted by atomic mass is 19.2. The summed E-state index contributed by atoms with van der Waals surface area (Å²) in [7, 11) is 2.65. The average molecular weight is 271 g/mol. The van der Waals surface area contributed by atoms with Gasteiger partial charge in [-0.05, 0) is 18.6 Å². The molecule has 1 aromatic rings. The van der Waals surface area contributed by atoms with E-state index in [0.717, 1.165) is 0 Å². The third-order valence-corrected chi connectivity index (χ3v) is 3.45. The van der Waals surface area contributed by atoms with Crippen molar-refractivity contribution < 1.29 is 23.0 Å². The first-order chi connectivity index (χ1) is 9.01. The number of halogens is 2. The summed E-state index contributed by atoms with van der Waals surface area (Å²) >= 11 is 0. The first kappa shape index (κ1) is 13.7. The van der Waals surface area contributed by atoms with Gasteiger partial charge in [-0.2, -0.15) is 4.39 Å². The SMILES string of the molecule is COc1ccc(C(OC)C2CC2C(N)=O)c(F)c1F. The molecule has 2 rings (SSSR count). The van der Waals surface area contributed by atoms with E-state index >= 15 is 0 Å². The Hall–Kier alpha value is -1.69.